The second kappa shape index (κ2) is 9.96. The Bertz CT molecular complexity index is 1250. The van der Waals surface area contributed by atoms with Gasteiger partial charge in [-0.25, -0.2) is 14.4 Å². The van der Waals surface area contributed by atoms with Crippen LogP contribution in [0.2, 0.25) is 0 Å². The second-order valence-electron chi connectivity index (χ2n) is 7.54. The highest BCUT2D eigenvalue weighted by Crippen LogP contribution is 2.32. The first kappa shape index (κ1) is 22.0. The van der Waals surface area contributed by atoms with Gasteiger partial charge in [0.25, 0.3) is 0 Å². The molecule has 2 aliphatic rings. The van der Waals surface area contributed by atoms with Gasteiger partial charge in [0.05, 0.1) is 5.75 Å². The zero-order chi connectivity index (χ0) is 23.3. The minimum absolute atomic E-state index is 0.131. The number of hydrogen-bond donors (Lipinski definition) is 1. The minimum Gasteiger partial charge on any atom is -0.454 e. The van der Waals surface area contributed by atoms with Crippen LogP contribution in [0.1, 0.15) is 11.1 Å². The number of amides is 1. The molecule has 0 aromatic heterocycles. The van der Waals surface area contributed by atoms with Gasteiger partial charge in [-0.2, -0.15) is 0 Å². The quantitative estimate of drug-likeness (QED) is 0.578. The Morgan fingerprint density at radius 3 is 2.65 bits per heavy atom. The van der Waals surface area contributed by atoms with Gasteiger partial charge in [-0.1, -0.05) is 48.2 Å². The molecular weight excluding hydrogens is 455 g/mol. The third-order valence-electron chi connectivity index (χ3n) is 5.22. The Labute approximate surface area is 200 Å². The van der Waals surface area contributed by atoms with E-state index < -0.39 is 0 Å². The Balaban J connectivity index is 1.27. The number of carbonyl (C=O) groups is 1. The van der Waals surface area contributed by atoms with Crippen molar-refractivity contribution in [3.05, 3.63) is 89.7 Å². The van der Waals surface area contributed by atoms with Crippen molar-refractivity contribution in [2.45, 2.75) is 6.54 Å². The summed E-state index contributed by atoms with van der Waals surface area (Å²) in [5.41, 5.74) is 2.57. The van der Waals surface area contributed by atoms with E-state index in [0.717, 1.165) is 16.8 Å². The summed E-state index contributed by atoms with van der Waals surface area (Å²) in [6, 6.07) is 21.4. The van der Waals surface area contributed by atoms with E-state index in [1.807, 2.05) is 53.4 Å². The zero-order valence-electron chi connectivity index (χ0n) is 18.1. The summed E-state index contributed by atoms with van der Waals surface area (Å²) in [7, 11) is 0. The average molecular weight is 477 g/mol. The zero-order valence-corrected chi connectivity index (χ0v) is 18.9. The van der Waals surface area contributed by atoms with Gasteiger partial charge < -0.3 is 19.7 Å². The number of benzene rings is 3. The van der Waals surface area contributed by atoms with E-state index in [9.17, 15) is 9.18 Å². The van der Waals surface area contributed by atoms with E-state index in [2.05, 4.69) is 10.3 Å². The van der Waals surface area contributed by atoms with Crippen molar-refractivity contribution in [2.24, 2.45) is 9.98 Å². The first-order chi connectivity index (χ1) is 16.7. The van der Waals surface area contributed by atoms with Gasteiger partial charge in [0, 0.05) is 17.8 Å². The molecule has 5 rings (SSSR count). The Hall–Kier alpha value is -3.85. The first-order valence-electron chi connectivity index (χ1n) is 10.7. The molecule has 0 aliphatic carbocycles. The Morgan fingerprint density at radius 2 is 1.82 bits per heavy atom. The van der Waals surface area contributed by atoms with Gasteiger partial charge in [-0.05, 0) is 42.0 Å². The normalized spacial score (nSPS) is 14.4. The van der Waals surface area contributed by atoms with Crippen molar-refractivity contribution in [1.82, 2.24) is 5.32 Å². The first-order valence-corrected chi connectivity index (χ1v) is 11.6. The SMILES string of the molecule is O=C(CSC1=NC(c2ccccc2)=NCN1c1ccc(F)cc1)NCc1ccc2c(c1)OCO2. The highest BCUT2D eigenvalue weighted by molar-refractivity contribution is 8.14. The van der Waals surface area contributed by atoms with Crippen molar-refractivity contribution in [2.75, 3.05) is 24.1 Å². The molecule has 2 heterocycles. The van der Waals surface area contributed by atoms with Crippen LogP contribution in [0.4, 0.5) is 10.1 Å². The van der Waals surface area contributed by atoms with Crippen LogP contribution >= 0.6 is 11.8 Å². The van der Waals surface area contributed by atoms with Crippen molar-refractivity contribution < 1.29 is 18.7 Å². The highest BCUT2D eigenvalue weighted by atomic mass is 32.2. The predicted octanol–water partition coefficient (Wildman–Crippen LogP) is 4.18. The molecule has 2 aliphatic heterocycles. The van der Waals surface area contributed by atoms with Crippen LogP contribution in [0.25, 0.3) is 0 Å². The lowest BCUT2D eigenvalue weighted by molar-refractivity contribution is -0.118. The summed E-state index contributed by atoms with van der Waals surface area (Å²) in [6.07, 6.45) is 0. The number of fused-ring (bicyclic) bond motifs is 1. The smallest absolute Gasteiger partial charge is 0.231 e. The topological polar surface area (TPSA) is 75.5 Å². The number of aliphatic imine (C=N–C) groups is 2. The molecule has 172 valence electrons. The molecule has 3 aromatic rings. The maximum Gasteiger partial charge on any atom is 0.231 e. The van der Waals surface area contributed by atoms with Gasteiger partial charge in [0.1, 0.15) is 12.5 Å². The van der Waals surface area contributed by atoms with Crippen LogP contribution in [0, 0.1) is 5.82 Å². The van der Waals surface area contributed by atoms with Gasteiger partial charge >= 0.3 is 0 Å². The lowest BCUT2D eigenvalue weighted by atomic mass is 10.2. The fourth-order valence-electron chi connectivity index (χ4n) is 3.48. The number of nitrogens with zero attached hydrogens (tertiary/aromatic N) is 3. The van der Waals surface area contributed by atoms with Gasteiger partial charge in [0.2, 0.25) is 12.7 Å². The number of nitrogens with one attached hydrogen (secondary N) is 1. The fraction of sp³-hybridized carbons (Fsp3) is 0.160. The number of amidine groups is 2. The van der Waals surface area contributed by atoms with E-state index in [-0.39, 0.29) is 24.3 Å². The number of thioether (sulfide) groups is 1. The van der Waals surface area contributed by atoms with Gasteiger partial charge in [0.15, 0.2) is 22.5 Å². The third kappa shape index (κ3) is 5.04. The Morgan fingerprint density at radius 1 is 1.03 bits per heavy atom. The molecule has 9 heteroatoms. The molecule has 3 aromatic carbocycles. The lowest BCUT2D eigenvalue weighted by Crippen LogP contribution is -2.35. The van der Waals surface area contributed by atoms with Crippen molar-refractivity contribution in [1.29, 1.82) is 0 Å². The molecule has 0 saturated carbocycles. The molecular formula is C25H21FN4O3S. The number of ether oxygens (including phenoxy) is 2. The van der Waals surface area contributed by atoms with Crippen LogP contribution in [-0.2, 0) is 11.3 Å². The van der Waals surface area contributed by atoms with Crippen LogP contribution < -0.4 is 19.7 Å². The van der Waals surface area contributed by atoms with E-state index in [4.69, 9.17) is 14.5 Å². The molecule has 34 heavy (non-hydrogen) atoms. The molecule has 0 unspecified atom stereocenters. The van der Waals surface area contributed by atoms with Crippen LogP contribution in [-0.4, -0.2) is 36.1 Å². The van der Waals surface area contributed by atoms with Gasteiger partial charge in [-0.3, -0.25) is 4.79 Å². The second-order valence-corrected chi connectivity index (χ2v) is 8.48. The van der Waals surface area contributed by atoms with Crippen LogP contribution in [0.3, 0.4) is 0 Å². The fourth-order valence-corrected chi connectivity index (χ4v) is 4.32. The molecule has 0 spiro atoms. The van der Waals surface area contributed by atoms with E-state index in [1.165, 1.54) is 23.9 Å². The molecule has 0 saturated heterocycles. The number of rotatable bonds is 6. The minimum atomic E-state index is -0.316. The summed E-state index contributed by atoms with van der Waals surface area (Å²) in [6.45, 7) is 0.907. The number of halogens is 1. The monoisotopic (exact) mass is 476 g/mol. The van der Waals surface area contributed by atoms with E-state index in [0.29, 0.717) is 35.7 Å². The van der Waals surface area contributed by atoms with E-state index >= 15 is 0 Å². The summed E-state index contributed by atoms with van der Waals surface area (Å²) in [5, 5.41) is 3.55. The lowest BCUT2D eigenvalue weighted by Gasteiger charge is -2.27. The highest BCUT2D eigenvalue weighted by Gasteiger charge is 2.21. The molecule has 0 atom stereocenters. The molecule has 0 fully saturated rings. The van der Waals surface area contributed by atoms with Crippen LogP contribution in [0.5, 0.6) is 11.5 Å². The Kier molecular flexibility index (Phi) is 6.44. The maximum absolute atomic E-state index is 13.4. The predicted molar refractivity (Wildman–Crippen MR) is 131 cm³/mol. The van der Waals surface area contributed by atoms with E-state index in [1.54, 1.807) is 12.1 Å². The largest absolute Gasteiger partial charge is 0.454 e. The molecule has 0 bridgehead atoms. The number of anilines is 1. The third-order valence-corrected chi connectivity index (χ3v) is 6.20. The summed E-state index contributed by atoms with van der Waals surface area (Å²) in [4.78, 5) is 23.8. The number of carbonyl (C=O) groups excluding carboxylic acids is 1. The molecule has 7 nitrogen and oxygen atoms in total. The van der Waals surface area contributed by atoms with Crippen molar-refractivity contribution in [3.8, 4) is 11.5 Å². The summed E-state index contributed by atoms with van der Waals surface area (Å²) < 4.78 is 24.1. The van der Waals surface area contributed by atoms with Crippen molar-refractivity contribution >= 4 is 34.4 Å². The standard InChI is InChI=1S/C25H21FN4O3S/c26-19-7-9-20(10-8-19)30-15-28-24(18-4-2-1-3-5-18)29-25(30)34-14-23(31)27-13-17-6-11-21-22(12-17)33-16-32-21/h1-12H,13-16H2,(H,27,31). The maximum atomic E-state index is 13.4. The molecule has 1 N–H and O–H groups in total. The molecule has 1 amide bonds. The van der Waals surface area contributed by atoms with Gasteiger partial charge in [-0.15, -0.1) is 0 Å². The summed E-state index contributed by atoms with van der Waals surface area (Å²) in [5.74, 6) is 1.71. The molecule has 0 radical (unpaired) electrons. The van der Waals surface area contributed by atoms with Crippen molar-refractivity contribution in [3.63, 3.8) is 0 Å². The summed E-state index contributed by atoms with van der Waals surface area (Å²) >= 11 is 1.31. The number of hydrogen-bond acceptors (Lipinski definition) is 7. The van der Waals surface area contributed by atoms with Crippen LogP contribution in [0.15, 0.2) is 82.8 Å². The average Bonchev–Trinajstić information content (AvgIpc) is 3.35.